The molecule has 0 amide bonds. The number of halogens is 1. The molecule has 3 nitrogen and oxygen atoms in total. The topological polar surface area (TPSA) is 18.3 Å². The van der Waals surface area contributed by atoms with Gasteiger partial charge in [-0.25, -0.2) is 5.32 Å². The average Bonchev–Trinajstić information content (AvgIpc) is 2.81. The number of nitrogens with one attached hydrogen (secondary N) is 1. The Kier molecular flexibility index (Phi) is 6.48. The molecule has 31 heavy (non-hydrogen) atoms. The molecule has 1 N–H and O–H groups in total. The molecule has 0 saturated heterocycles. The molecule has 0 aromatic heterocycles. The summed E-state index contributed by atoms with van der Waals surface area (Å²) in [5.74, 6) is 0.991. The molecule has 0 aliphatic heterocycles. The van der Waals surface area contributed by atoms with E-state index in [-0.39, 0.29) is 0 Å². The van der Waals surface area contributed by atoms with E-state index < -0.39 is 0 Å². The highest BCUT2D eigenvalue weighted by Crippen LogP contribution is 2.24. The predicted molar refractivity (Wildman–Crippen MR) is 137 cm³/mol. The molecule has 0 atom stereocenters. The Morgan fingerprint density at radius 3 is 1.68 bits per heavy atom. The third kappa shape index (κ3) is 5.04. The van der Waals surface area contributed by atoms with E-state index in [4.69, 9.17) is 0 Å². The van der Waals surface area contributed by atoms with Crippen LogP contribution in [-0.4, -0.2) is 19.9 Å². The van der Waals surface area contributed by atoms with Gasteiger partial charge in [-0.15, -0.1) is 0 Å². The summed E-state index contributed by atoms with van der Waals surface area (Å²) < 4.78 is 3.31. The monoisotopic (exact) mass is 470 g/mol. The van der Waals surface area contributed by atoms with Crippen molar-refractivity contribution in [1.29, 1.82) is 0 Å². The lowest BCUT2D eigenvalue weighted by Crippen LogP contribution is -2.26. The Morgan fingerprint density at radius 2 is 1.19 bits per heavy atom. The van der Waals surface area contributed by atoms with Crippen LogP contribution in [0.25, 0.3) is 0 Å². The number of nitrogens with zero attached hydrogens (tertiary/aromatic N) is 2. The summed E-state index contributed by atoms with van der Waals surface area (Å²) >= 11 is 3.53. The molecule has 154 valence electrons. The average molecular weight is 471 g/mol. The molecular weight excluding hydrogens is 446 g/mol. The normalized spacial score (nSPS) is 10.4. The van der Waals surface area contributed by atoms with Crippen LogP contribution < -0.4 is 14.8 Å². The van der Waals surface area contributed by atoms with Crippen LogP contribution in [0.5, 0.6) is 0 Å². The molecule has 0 aliphatic rings. The van der Waals surface area contributed by atoms with Gasteiger partial charge in [-0.05, 0) is 72.8 Å². The third-order valence-corrected chi connectivity index (χ3v) is 5.55. The molecule has 0 heterocycles. The van der Waals surface area contributed by atoms with Gasteiger partial charge in [-0.3, -0.25) is 0 Å². The van der Waals surface area contributed by atoms with Gasteiger partial charge in [-0.2, -0.15) is 4.58 Å². The van der Waals surface area contributed by atoms with Crippen LogP contribution in [0.4, 0.5) is 22.7 Å². The Labute approximate surface area is 192 Å². The lowest BCUT2D eigenvalue weighted by atomic mass is 10.1. The smallest absolute Gasteiger partial charge is 0.292 e. The number of anilines is 2. The van der Waals surface area contributed by atoms with Gasteiger partial charge in [0.2, 0.25) is 0 Å². The first-order valence-corrected chi connectivity index (χ1v) is 11.0. The second kappa shape index (κ2) is 9.63. The summed E-state index contributed by atoms with van der Waals surface area (Å²) in [6.45, 7) is 0. The molecule has 0 spiro atoms. The van der Waals surface area contributed by atoms with E-state index in [1.807, 2.05) is 24.3 Å². The fraction of sp³-hybridized carbons (Fsp3) is 0.0741. The summed E-state index contributed by atoms with van der Waals surface area (Å²) in [6.07, 6.45) is 0. The molecule has 4 aromatic rings. The molecule has 4 heteroatoms. The molecule has 0 fully saturated rings. The van der Waals surface area contributed by atoms with Crippen LogP contribution >= 0.6 is 15.9 Å². The van der Waals surface area contributed by atoms with E-state index >= 15 is 0 Å². The molecule has 4 aromatic carbocycles. The van der Waals surface area contributed by atoms with Crippen molar-refractivity contribution in [3.8, 4) is 0 Å². The highest BCUT2D eigenvalue weighted by atomic mass is 79.9. The first-order valence-electron chi connectivity index (χ1n) is 10.2. The third-order valence-electron chi connectivity index (χ3n) is 5.02. The standard InChI is InChI=1S/C27H24BrN3/c1-30(2)24-19-13-21(14-20-24)27(29-23-17-15-22(28)16-18-23)31(25-9-5-3-6-10-25)26-11-7-4-8-12-26/h3-20H,1-2H3/p+1. The summed E-state index contributed by atoms with van der Waals surface area (Å²) in [5.41, 5.74) is 5.46. The predicted octanol–water partition coefficient (Wildman–Crippen LogP) is 6.91. The van der Waals surface area contributed by atoms with Gasteiger partial charge in [0.25, 0.3) is 5.84 Å². The van der Waals surface area contributed by atoms with Gasteiger partial charge >= 0.3 is 0 Å². The summed E-state index contributed by atoms with van der Waals surface area (Å²) in [6, 6.07) is 37.7. The molecule has 0 aliphatic carbocycles. The van der Waals surface area contributed by atoms with Crippen LogP contribution in [0.2, 0.25) is 0 Å². The maximum absolute atomic E-state index is 3.68. The summed E-state index contributed by atoms with van der Waals surface area (Å²) in [4.78, 5) is 2.11. The Balaban J connectivity index is 1.94. The lowest BCUT2D eigenvalue weighted by Gasteiger charge is -2.15. The highest BCUT2D eigenvalue weighted by molar-refractivity contribution is 9.10. The second-order valence-corrected chi connectivity index (χ2v) is 8.34. The Morgan fingerprint density at radius 1 is 0.677 bits per heavy atom. The number of hydrogen-bond donors (Lipinski definition) is 1. The van der Waals surface area contributed by atoms with E-state index in [9.17, 15) is 0 Å². The van der Waals surface area contributed by atoms with Crippen molar-refractivity contribution in [3.05, 3.63) is 119 Å². The maximum atomic E-state index is 3.68. The van der Waals surface area contributed by atoms with Crippen molar-refractivity contribution in [2.75, 3.05) is 24.3 Å². The number of benzene rings is 4. The minimum atomic E-state index is 0.991. The SMILES string of the molecule is CN(C)c1ccc(C(Nc2ccc(Br)cc2)=[N+](c2ccccc2)c2ccccc2)cc1. The van der Waals surface area contributed by atoms with E-state index in [0.29, 0.717) is 0 Å². The first-order chi connectivity index (χ1) is 15.1. The van der Waals surface area contributed by atoms with E-state index in [1.165, 1.54) is 0 Å². The number of rotatable bonds is 5. The number of hydrogen-bond acceptors (Lipinski definition) is 1. The van der Waals surface area contributed by atoms with Crippen LogP contribution in [0.1, 0.15) is 5.56 Å². The zero-order valence-electron chi connectivity index (χ0n) is 17.7. The number of para-hydroxylation sites is 2. The molecule has 0 radical (unpaired) electrons. The zero-order chi connectivity index (χ0) is 21.6. The van der Waals surface area contributed by atoms with Crippen LogP contribution in [0.15, 0.2) is 114 Å². The van der Waals surface area contributed by atoms with Gasteiger partial charge in [0.05, 0.1) is 5.56 Å². The largest absolute Gasteiger partial charge is 0.378 e. The first kappa shape index (κ1) is 20.9. The fourth-order valence-corrected chi connectivity index (χ4v) is 3.67. The lowest BCUT2D eigenvalue weighted by molar-refractivity contribution is 1.07. The molecule has 4 rings (SSSR count). The van der Waals surface area contributed by atoms with Gasteiger partial charge < -0.3 is 4.90 Å². The molecule has 0 saturated carbocycles. The minimum absolute atomic E-state index is 0.991. The highest BCUT2D eigenvalue weighted by Gasteiger charge is 2.21. The van der Waals surface area contributed by atoms with Crippen LogP contribution in [0, 0.1) is 0 Å². The van der Waals surface area contributed by atoms with E-state index in [0.717, 1.165) is 38.6 Å². The van der Waals surface area contributed by atoms with Crippen molar-refractivity contribution in [1.82, 2.24) is 4.58 Å². The Hall–Kier alpha value is -3.37. The van der Waals surface area contributed by atoms with E-state index in [1.54, 1.807) is 0 Å². The van der Waals surface area contributed by atoms with Gasteiger partial charge in [-0.1, -0.05) is 52.3 Å². The summed E-state index contributed by atoms with van der Waals surface area (Å²) in [5, 5.41) is 3.68. The quantitative estimate of drug-likeness (QED) is 0.194. The van der Waals surface area contributed by atoms with Crippen molar-refractivity contribution in [2.45, 2.75) is 0 Å². The van der Waals surface area contributed by atoms with E-state index in [2.05, 4.69) is 130 Å². The van der Waals surface area contributed by atoms with Crippen LogP contribution in [-0.2, 0) is 0 Å². The zero-order valence-corrected chi connectivity index (χ0v) is 19.3. The van der Waals surface area contributed by atoms with Gasteiger partial charge in [0, 0.05) is 24.3 Å². The maximum Gasteiger partial charge on any atom is 0.292 e. The summed E-state index contributed by atoms with van der Waals surface area (Å²) in [7, 11) is 4.11. The Bertz CT molecular complexity index is 1110. The minimum Gasteiger partial charge on any atom is -0.378 e. The van der Waals surface area contributed by atoms with Crippen molar-refractivity contribution >= 4 is 44.5 Å². The van der Waals surface area contributed by atoms with Crippen molar-refractivity contribution in [3.63, 3.8) is 0 Å². The van der Waals surface area contributed by atoms with Crippen molar-refractivity contribution < 1.29 is 0 Å². The molecular formula is C27H25BrN3+. The van der Waals surface area contributed by atoms with Gasteiger partial charge in [0.1, 0.15) is 17.1 Å². The second-order valence-electron chi connectivity index (χ2n) is 7.43. The number of amidine groups is 1. The van der Waals surface area contributed by atoms with Crippen molar-refractivity contribution in [2.24, 2.45) is 0 Å². The molecule has 0 unspecified atom stereocenters. The fourth-order valence-electron chi connectivity index (χ4n) is 3.41. The molecule has 0 bridgehead atoms. The van der Waals surface area contributed by atoms with Gasteiger partial charge in [0.15, 0.2) is 0 Å². The van der Waals surface area contributed by atoms with Crippen LogP contribution in [0.3, 0.4) is 0 Å².